The first kappa shape index (κ1) is 26.9. The van der Waals surface area contributed by atoms with Crippen molar-refractivity contribution in [1.82, 2.24) is 16.0 Å². The average molecular weight is 482 g/mol. The molecule has 3 atom stereocenters. The van der Waals surface area contributed by atoms with Gasteiger partial charge in [0, 0.05) is 6.42 Å². The molecule has 0 spiro atoms. The summed E-state index contributed by atoms with van der Waals surface area (Å²) in [5.41, 5.74) is 1.44. The maximum Gasteiger partial charge on any atom is 0.408 e. The Hall–Kier alpha value is -4.34. The number of rotatable bonds is 12. The van der Waals surface area contributed by atoms with E-state index in [-0.39, 0.29) is 19.3 Å². The highest BCUT2D eigenvalue weighted by Crippen LogP contribution is 2.05. The summed E-state index contributed by atoms with van der Waals surface area (Å²) in [6.45, 7) is 2.81. The molecule has 0 aliphatic carbocycles. The first-order valence-corrected chi connectivity index (χ1v) is 10.9. The Morgan fingerprint density at radius 1 is 0.771 bits per heavy atom. The topological polar surface area (TPSA) is 148 Å². The van der Waals surface area contributed by atoms with Gasteiger partial charge in [-0.1, -0.05) is 60.7 Å². The standard InChI is InChI=1S/C25H27N3O7/c1-16(26-23(32)17(2)27-25(34)35-15-19-11-7-4-8-12-19)24(33)28-20(22(31)21(30)14-29)13-18-9-5-3-6-10-18/h3-12,14,16-17,20H,13,15H2,1-2H3,(H,26,32)(H,27,34)(H,28,33)/t16-,17-,20-/m0/s1. The van der Waals surface area contributed by atoms with Gasteiger partial charge < -0.3 is 20.7 Å². The van der Waals surface area contributed by atoms with E-state index in [1.807, 2.05) is 6.07 Å². The lowest BCUT2D eigenvalue weighted by Crippen LogP contribution is -2.55. The second kappa shape index (κ2) is 13.4. The molecule has 3 amide bonds. The Bertz CT molecular complexity index is 1060. The van der Waals surface area contributed by atoms with E-state index < -0.39 is 47.6 Å². The van der Waals surface area contributed by atoms with E-state index in [1.54, 1.807) is 54.6 Å². The van der Waals surface area contributed by atoms with Crippen LogP contribution < -0.4 is 16.0 Å². The number of ketones is 2. The Balaban J connectivity index is 1.90. The van der Waals surface area contributed by atoms with Crippen LogP contribution >= 0.6 is 0 Å². The van der Waals surface area contributed by atoms with Crippen LogP contribution in [0.25, 0.3) is 0 Å². The fourth-order valence-corrected chi connectivity index (χ4v) is 3.00. The molecule has 0 aliphatic heterocycles. The van der Waals surface area contributed by atoms with Gasteiger partial charge in [-0.2, -0.15) is 0 Å². The zero-order valence-electron chi connectivity index (χ0n) is 19.4. The van der Waals surface area contributed by atoms with Crippen molar-refractivity contribution in [3.63, 3.8) is 0 Å². The third-order valence-corrected chi connectivity index (χ3v) is 4.96. The normalized spacial score (nSPS) is 12.9. The van der Waals surface area contributed by atoms with E-state index >= 15 is 0 Å². The smallest absolute Gasteiger partial charge is 0.408 e. The highest BCUT2D eigenvalue weighted by Gasteiger charge is 2.29. The molecule has 2 aromatic carbocycles. The predicted molar refractivity (Wildman–Crippen MR) is 125 cm³/mol. The Morgan fingerprint density at radius 3 is 1.86 bits per heavy atom. The minimum absolute atomic E-state index is 0.0170. The molecule has 184 valence electrons. The highest BCUT2D eigenvalue weighted by molar-refractivity contribution is 6.59. The van der Waals surface area contributed by atoms with Gasteiger partial charge in [-0.05, 0) is 25.0 Å². The lowest BCUT2D eigenvalue weighted by Gasteiger charge is -2.21. The lowest BCUT2D eigenvalue weighted by atomic mass is 10.00. The summed E-state index contributed by atoms with van der Waals surface area (Å²) < 4.78 is 5.06. The van der Waals surface area contributed by atoms with Crippen LogP contribution in [0.5, 0.6) is 0 Å². The van der Waals surface area contributed by atoms with Gasteiger partial charge in [0.25, 0.3) is 5.78 Å². The van der Waals surface area contributed by atoms with E-state index in [0.717, 1.165) is 5.56 Å². The molecule has 3 N–H and O–H groups in total. The van der Waals surface area contributed by atoms with Gasteiger partial charge in [0.05, 0.1) is 6.04 Å². The number of Topliss-reactive ketones (excluding diaryl/α,β-unsaturated/α-hetero) is 2. The van der Waals surface area contributed by atoms with Crippen LogP contribution in [0.15, 0.2) is 60.7 Å². The summed E-state index contributed by atoms with van der Waals surface area (Å²) in [7, 11) is 0. The summed E-state index contributed by atoms with van der Waals surface area (Å²) in [6.07, 6.45) is -0.937. The summed E-state index contributed by atoms with van der Waals surface area (Å²) in [5.74, 6) is -3.74. The van der Waals surface area contributed by atoms with Crippen LogP contribution in [0.3, 0.4) is 0 Å². The van der Waals surface area contributed by atoms with Crippen LogP contribution in [0.1, 0.15) is 25.0 Å². The number of carbonyl (C=O) groups is 6. The van der Waals surface area contributed by atoms with Gasteiger partial charge in [0.2, 0.25) is 17.6 Å². The number of carbonyl (C=O) groups excluding carboxylic acids is 6. The number of ether oxygens (including phenoxy) is 1. The lowest BCUT2D eigenvalue weighted by molar-refractivity contribution is -0.142. The summed E-state index contributed by atoms with van der Waals surface area (Å²) in [6, 6.07) is 14.2. The Morgan fingerprint density at radius 2 is 1.29 bits per heavy atom. The zero-order valence-corrected chi connectivity index (χ0v) is 19.4. The van der Waals surface area contributed by atoms with E-state index in [2.05, 4.69) is 16.0 Å². The molecule has 2 aromatic rings. The van der Waals surface area contributed by atoms with Crippen molar-refractivity contribution in [2.45, 2.75) is 45.0 Å². The first-order valence-electron chi connectivity index (χ1n) is 10.9. The zero-order chi connectivity index (χ0) is 25.8. The van der Waals surface area contributed by atoms with Crippen molar-refractivity contribution in [1.29, 1.82) is 0 Å². The van der Waals surface area contributed by atoms with Gasteiger partial charge in [0.15, 0.2) is 6.29 Å². The summed E-state index contributed by atoms with van der Waals surface area (Å²) in [4.78, 5) is 71.7. The molecule has 0 aromatic heterocycles. The van der Waals surface area contributed by atoms with E-state index in [0.29, 0.717) is 5.56 Å². The molecule has 10 nitrogen and oxygen atoms in total. The first-order chi connectivity index (χ1) is 16.7. The van der Waals surface area contributed by atoms with Crippen LogP contribution in [0.4, 0.5) is 4.79 Å². The number of nitrogens with one attached hydrogen (secondary N) is 3. The molecule has 0 unspecified atom stereocenters. The molecular weight excluding hydrogens is 454 g/mol. The largest absolute Gasteiger partial charge is 0.445 e. The molecule has 0 heterocycles. The summed E-state index contributed by atoms with van der Waals surface area (Å²) in [5, 5.41) is 7.20. The molecule has 0 aliphatic rings. The Kier molecular flexibility index (Phi) is 10.3. The van der Waals surface area contributed by atoms with E-state index in [9.17, 15) is 28.8 Å². The quantitative estimate of drug-likeness (QED) is 0.231. The van der Waals surface area contributed by atoms with Crippen molar-refractivity contribution in [3.8, 4) is 0 Å². The SMILES string of the molecule is C[C@H](NC(=O)OCc1ccccc1)C(=O)N[C@@H](C)C(=O)N[C@@H](Cc1ccccc1)C(=O)C(=O)C=O. The second-order valence-corrected chi connectivity index (χ2v) is 7.76. The van der Waals surface area contributed by atoms with Crippen molar-refractivity contribution < 1.29 is 33.5 Å². The van der Waals surface area contributed by atoms with Crippen molar-refractivity contribution >= 4 is 35.8 Å². The third kappa shape index (κ3) is 8.84. The second-order valence-electron chi connectivity index (χ2n) is 7.76. The molecule has 0 radical (unpaired) electrons. The fraction of sp³-hybridized carbons (Fsp3) is 0.280. The van der Waals surface area contributed by atoms with E-state index in [1.165, 1.54) is 13.8 Å². The van der Waals surface area contributed by atoms with Gasteiger partial charge >= 0.3 is 6.09 Å². The van der Waals surface area contributed by atoms with Crippen LogP contribution in [0.2, 0.25) is 0 Å². The van der Waals surface area contributed by atoms with Gasteiger partial charge in [-0.3, -0.25) is 24.0 Å². The molecule has 0 saturated heterocycles. The summed E-state index contributed by atoms with van der Waals surface area (Å²) >= 11 is 0. The molecule has 35 heavy (non-hydrogen) atoms. The minimum Gasteiger partial charge on any atom is -0.445 e. The van der Waals surface area contributed by atoms with Crippen molar-refractivity contribution in [2.24, 2.45) is 0 Å². The monoisotopic (exact) mass is 481 g/mol. The van der Waals surface area contributed by atoms with Gasteiger partial charge in [-0.25, -0.2) is 4.79 Å². The van der Waals surface area contributed by atoms with Crippen LogP contribution in [-0.4, -0.2) is 53.9 Å². The number of hydrogen-bond acceptors (Lipinski definition) is 7. The Labute approximate surface area is 202 Å². The average Bonchev–Trinajstić information content (AvgIpc) is 2.87. The molecule has 0 saturated carbocycles. The maximum absolute atomic E-state index is 12.6. The van der Waals surface area contributed by atoms with Crippen LogP contribution in [0, 0.1) is 0 Å². The highest BCUT2D eigenvalue weighted by atomic mass is 16.5. The number of aldehydes is 1. The number of benzene rings is 2. The third-order valence-electron chi connectivity index (χ3n) is 4.96. The predicted octanol–water partition coefficient (Wildman–Crippen LogP) is 0.871. The van der Waals surface area contributed by atoms with Crippen LogP contribution in [-0.2, 0) is 41.7 Å². The molecule has 0 fully saturated rings. The van der Waals surface area contributed by atoms with Gasteiger partial charge in [-0.15, -0.1) is 0 Å². The molecule has 10 heteroatoms. The van der Waals surface area contributed by atoms with Crippen molar-refractivity contribution in [3.05, 3.63) is 71.8 Å². The van der Waals surface area contributed by atoms with E-state index in [4.69, 9.17) is 4.74 Å². The van der Waals surface area contributed by atoms with Crippen molar-refractivity contribution in [2.75, 3.05) is 0 Å². The minimum atomic E-state index is -1.29. The maximum atomic E-state index is 12.6. The van der Waals surface area contributed by atoms with Gasteiger partial charge in [0.1, 0.15) is 18.7 Å². The molecular formula is C25H27N3O7. The number of alkyl carbamates (subject to hydrolysis) is 1. The fourth-order valence-electron chi connectivity index (χ4n) is 3.00. The number of hydrogen-bond donors (Lipinski definition) is 3. The number of amides is 3. The molecule has 0 bridgehead atoms. The molecule has 2 rings (SSSR count).